The van der Waals surface area contributed by atoms with Crippen molar-refractivity contribution in [1.82, 2.24) is 0 Å². The minimum absolute atomic E-state index is 0.0793. The van der Waals surface area contributed by atoms with Crippen LogP contribution in [-0.2, 0) is 9.59 Å². The first kappa shape index (κ1) is 22.3. The summed E-state index contributed by atoms with van der Waals surface area (Å²) < 4.78 is 0. The second-order valence-electron chi connectivity index (χ2n) is 5.92. The maximum absolute atomic E-state index is 11.7. The zero-order valence-electron chi connectivity index (χ0n) is 14.8. The van der Waals surface area contributed by atoms with Gasteiger partial charge in [0.2, 0.25) is 0 Å². The fourth-order valence-corrected chi connectivity index (χ4v) is 2.12. The maximum Gasteiger partial charge on any atom is 0.303 e. The van der Waals surface area contributed by atoms with Gasteiger partial charge >= 0.3 is 5.97 Å². The molecule has 0 fully saturated rings. The molecule has 0 aliphatic heterocycles. The van der Waals surface area contributed by atoms with Crippen LogP contribution in [0.2, 0.25) is 0 Å². The van der Waals surface area contributed by atoms with E-state index in [0.717, 1.165) is 6.42 Å². The van der Waals surface area contributed by atoms with Crippen molar-refractivity contribution in [3.63, 3.8) is 0 Å². The van der Waals surface area contributed by atoms with E-state index in [9.17, 15) is 14.7 Å². The number of hydrogen-bond donors (Lipinski definition) is 2. The predicted octanol–water partition coefficient (Wildman–Crippen LogP) is 4.59. The van der Waals surface area contributed by atoms with Gasteiger partial charge in [-0.15, -0.1) is 0 Å². The average molecular weight is 336 g/mol. The Kier molecular flexibility index (Phi) is 15.1. The number of ketones is 1. The van der Waals surface area contributed by atoms with Crippen LogP contribution in [0.3, 0.4) is 0 Å². The number of aliphatic carboxylic acids is 1. The molecule has 0 heterocycles. The summed E-state index contributed by atoms with van der Waals surface area (Å²) in [6.07, 6.45) is 18.0. The number of carbonyl (C=O) groups is 2. The van der Waals surface area contributed by atoms with Crippen LogP contribution in [0.15, 0.2) is 36.5 Å². The first-order valence-corrected chi connectivity index (χ1v) is 8.96. The van der Waals surface area contributed by atoms with Crippen LogP contribution in [0.1, 0.15) is 71.1 Å². The summed E-state index contributed by atoms with van der Waals surface area (Å²) in [7, 11) is 0. The van der Waals surface area contributed by atoms with Gasteiger partial charge < -0.3 is 10.2 Å². The van der Waals surface area contributed by atoms with Crippen molar-refractivity contribution in [2.75, 3.05) is 0 Å². The van der Waals surface area contributed by atoms with Gasteiger partial charge in [-0.3, -0.25) is 9.59 Å². The molecular formula is C20H32O4. The molecule has 0 aliphatic carbocycles. The summed E-state index contributed by atoms with van der Waals surface area (Å²) in [4.78, 5) is 22.0. The van der Waals surface area contributed by atoms with Crippen molar-refractivity contribution >= 4 is 11.8 Å². The van der Waals surface area contributed by atoms with Crippen molar-refractivity contribution in [3.05, 3.63) is 36.5 Å². The van der Waals surface area contributed by atoms with E-state index in [2.05, 4.69) is 13.0 Å². The Morgan fingerprint density at radius 2 is 1.75 bits per heavy atom. The first-order valence-electron chi connectivity index (χ1n) is 8.96. The SMILES string of the molecule is CCCCC/C=C\CC(=O)CC/C=C/C=C/[C@@H](O)CCCC(=O)O. The van der Waals surface area contributed by atoms with E-state index in [1.165, 1.54) is 19.3 Å². The molecule has 0 bridgehead atoms. The van der Waals surface area contributed by atoms with Crippen molar-refractivity contribution in [2.24, 2.45) is 0 Å². The van der Waals surface area contributed by atoms with Crippen LogP contribution in [-0.4, -0.2) is 28.1 Å². The zero-order valence-corrected chi connectivity index (χ0v) is 14.8. The number of hydrogen-bond acceptors (Lipinski definition) is 3. The molecule has 0 rings (SSSR count). The number of carbonyl (C=O) groups excluding carboxylic acids is 1. The number of carboxylic acids is 1. The topological polar surface area (TPSA) is 74.6 Å². The van der Waals surface area contributed by atoms with Crippen LogP contribution in [0.4, 0.5) is 0 Å². The predicted molar refractivity (Wildman–Crippen MR) is 97.9 cm³/mol. The Balaban J connectivity index is 3.67. The van der Waals surface area contributed by atoms with Crippen molar-refractivity contribution in [1.29, 1.82) is 0 Å². The molecule has 2 N–H and O–H groups in total. The molecule has 0 saturated heterocycles. The molecule has 24 heavy (non-hydrogen) atoms. The average Bonchev–Trinajstić information content (AvgIpc) is 2.53. The van der Waals surface area contributed by atoms with E-state index in [0.29, 0.717) is 32.1 Å². The monoisotopic (exact) mass is 336 g/mol. The quantitative estimate of drug-likeness (QED) is 0.260. The Labute approximate surface area is 146 Å². The molecule has 4 nitrogen and oxygen atoms in total. The minimum atomic E-state index is -0.841. The van der Waals surface area contributed by atoms with Gasteiger partial charge in [0, 0.05) is 19.3 Å². The third kappa shape index (κ3) is 16.7. The van der Waals surface area contributed by atoms with Crippen LogP contribution in [0, 0.1) is 0 Å². The number of Topliss-reactive ketones (excluding diaryl/α,β-unsaturated/α-hetero) is 1. The van der Waals surface area contributed by atoms with Gasteiger partial charge in [-0.2, -0.15) is 0 Å². The molecule has 0 aliphatic rings. The Morgan fingerprint density at radius 3 is 2.46 bits per heavy atom. The summed E-state index contributed by atoms with van der Waals surface area (Å²) in [5.74, 6) is -0.601. The molecule has 0 radical (unpaired) electrons. The Morgan fingerprint density at radius 1 is 0.958 bits per heavy atom. The van der Waals surface area contributed by atoms with Crippen LogP contribution >= 0.6 is 0 Å². The fraction of sp³-hybridized carbons (Fsp3) is 0.600. The number of carboxylic acid groups (broad SMARTS) is 1. The minimum Gasteiger partial charge on any atom is -0.481 e. The lowest BCUT2D eigenvalue weighted by Gasteiger charge is -2.02. The van der Waals surface area contributed by atoms with Crippen LogP contribution in [0.5, 0.6) is 0 Å². The first-order chi connectivity index (χ1) is 11.6. The Bertz CT molecular complexity index is 421. The van der Waals surface area contributed by atoms with Crippen molar-refractivity contribution in [3.8, 4) is 0 Å². The summed E-state index contributed by atoms with van der Waals surface area (Å²) in [6.45, 7) is 2.18. The van der Waals surface area contributed by atoms with Gasteiger partial charge in [-0.05, 0) is 32.1 Å². The largest absolute Gasteiger partial charge is 0.481 e. The number of aliphatic hydroxyl groups is 1. The van der Waals surface area contributed by atoms with Crippen molar-refractivity contribution < 1.29 is 19.8 Å². The van der Waals surface area contributed by atoms with E-state index in [4.69, 9.17) is 5.11 Å². The third-order valence-electron chi connectivity index (χ3n) is 3.55. The Hall–Kier alpha value is -1.68. The summed E-state index contributed by atoms with van der Waals surface area (Å²) in [5, 5.41) is 18.1. The third-order valence-corrected chi connectivity index (χ3v) is 3.55. The van der Waals surface area contributed by atoms with Gasteiger partial charge in [0.05, 0.1) is 6.10 Å². The number of rotatable bonds is 15. The molecule has 136 valence electrons. The molecule has 0 aromatic rings. The highest BCUT2D eigenvalue weighted by molar-refractivity contribution is 5.79. The standard InChI is InChI=1S/C20H32O4/c1-2-3-4-5-6-9-13-18(21)14-10-7-8-11-15-19(22)16-12-17-20(23)24/h6-9,11,15,19,22H,2-5,10,12-14,16-17H2,1H3,(H,23,24)/b8-7+,9-6-,15-11+/t19-/m1/s1. The lowest BCUT2D eigenvalue weighted by atomic mass is 10.1. The smallest absolute Gasteiger partial charge is 0.303 e. The highest BCUT2D eigenvalue weighted by Gasteiger charge is 2.01. The van der Waals surface area contributed by atoms with E-state index >= 15 is 0 Å². The second-order valence-corrected chi connectivity index (χ2v) is 5.92. The molecular weight excluding hydrogens is 304 g/mol. The van der Waals surface area contributed by atoms with Gasteiger partial charge in [0.25, 0.3) is 0 Å². The van der Waals surface area contributed by atoms with E-state index < -0.39 is 12.1 Å². The van der Waals surface area contributed by atoms with Crippen LogP contribution < -0.4 is 0 Å². The lowest BCUT2D eigenvalue weighted by Crippen LogP contribution is -2.03. The molecule has 0 amide bonds. The van der Waals surface area contributed by atoms with Gasteiger partial charge in [0.15, 0.2) is 0 Å². The summed E-state index contributed by atoms with van der Waals surface area (Å²) in [6, 6.07) is 0. The highest BCUT2D eigenvalue weighted by atomic mass is 16.4. The molecule has 4 heteroatoms. The van der Waals surface area contributed by atoms with Gasteiger partial charge in [-0.1, -0.05) is 56.2 Å². The number of aliphatic hydroxyl groups excluding tert-OH is 1. The van der Waals surface area contributed by atoms with E-state index in [-0.39, 0.29) is 12.2 Å². The summed E-state index contributed by atoms with van der Waals surface area (Å²) in [5.41, 5.74) is 0. The van der Waals surface area contributed by atoms with Gasteiger partial charge in [-0.25, -0.2) is 0 Å². The summed E-state index contributed by atoms with van der Waals surface area (Å²) >= 11 is 0. The fourth-order valence-electron chi connectivity index (χ4n) is 2.12. The highest BCUT2D eigenvalue weighted by Crippen LogP contribution is 2.04. The van der Waals surface area contributed by atoms with E-state index in [1.54, 1.807) is 12.2 Å². The zero-order chi connectivity index (χ0) is 18.0. The molecule has 0 aromatic heterocycles. The normalized spacial score (nSPS) is 13.2. The number of unbranched alkanes of at least 4 members (excludes halogenated alkanes) is 3. The van der Waals surface area contributed by atoms with E-state index in [1.807, 2.05) is 18.2 Å². The van der Waals surface area contributed by atoms with Gasteiger partial charge in [0.1, 0.15) is 5.78 Å². The second kappa shape index (κ2) is 16.2. The molecule has 0 aromatic carbocycles. The molecule has 0 spiro atoms. The van der Waals surface area contributed by atoms with Crippen LogP contribution in [0.25, 0.3) is 0 Å². The van der Waals surface area contributed by atoms with Crippen molar-refractivity contribution in [2.45, 2.75) is 77.2 Å². The number of allylic oxidation sites excluding steroid dienone is 5. The molecule has 1 atom stereocenters. The lowest BCUT2D eigenvalue weighted by molar-refractivity contribution is -0.137. The maximum atomic E-state index is 11.7. The molecule has 0 saturated carbocycles. The molecule has 0 unspecified atom stereocenters.